The Hall–Kier alpha value is -3.39. The average Bonchev–Trinajstić information content (AvgIpc) is 2.72. The van der Waals surface area contributed by atoms with E-state index in [2.05, 4.69) is 16.0 Å². The molecule has 0 radical (unpaired) electrons. The first-order valence-corrected chi connectivity index (χ1v) is 10.00. The number of imide groups is 1. The zero-order chi connectivity index (χ0) is 22.8. The van der Waals surface area contributed by atoms with Gasteiger partial charge in [0.05, 0.1) is 0 Å². The van der Waals surface area contributed by atoms with Crippen molar-refractivity contribution in [1.29, 1.82) is 0 Å². The van der Waals surface area contributed by atoms with Gasteiger partial charge in [-0.15, -0.1) is 0 Å². The number of esters is 1. The lowest BCUT2D eigenvalue weighted by Crippen LogP contribution is -2.37. The van der Waals surface area contributed by atoms with Gasteiger partial charge in [0.2, 0.25) is 0 Å². The van der Waals surface area contributed by atoms with Crippen LogP contribution in [-0.2, 0) is 14.3 Å². The Labute approximate surface area is 185 Å². The predicted octanol–water partition coefficient (Wildman–Crippen LogP) is 3.36. The lowest BCUT2D eigenvalue weighted by Gasteiger charge is -2.10. The van der Waals surface area contributed by atoms with Crippen molar-refractivity contribution >= 4 is 41.1 Å². The highest BCUT2D eigenvalue weighted by molar-refractivity contribution is 6.30. The second kappa shape index (κ2) is 11.7. The quantitative estimate of drug-likeness (QED) is 0.426. The molecule has 0 aliphatic heterocycles. The number of ether oxygens (including phenoxy) is 1. The summed E-state index contributed by atoms with van der Waals surface area (Å²) in [7, 11) is 0. The van der Waals surface area contributed by atoms with Gasteiger partial charge in [-0.05, 0) is 56.2 Å². The van der Waals surface area contributed by atoms with E-state index in [1.54, 1.807) is 30.3 Å². The minimum atomic E-state index is -0.744. The lowest BCUT2D eigenvalue weighted by molar-refractivity contribution is -0.148. The van der Waals surface area contributed by atoms with Gasteiger partial charge >= 0.3 is 12.0 Å². The van der Waals surface area contributed by atoms with Crippen LogP contribution in [-0.4, -0.2) is 37.0 Å². The summed E-state index contributed by atoms with van der Waals surface area (Å²) in [5, 5.41) is 7.87. The van der Waals surface area contributed by atoms with Crippen molar-refractivity contribution in [2.45, 2.75) is 26.7 Å². The van der Waals surface area contributed by atoms with Crippen LogP contribution in [0.15, 0.2) is 42.5 Å². The molecule has 3 N–H and O–H groups in total. The van der Waals surface area contributed by atoms with Gasteiger partial charge in [-0.1, -0.05) is 29.3 Å². The topological polar surface area (TPSA) is 114 Å². The SMILES string of the molecule is Cc1ccc(NC(=O)NC(=O)COC(=O)CCCNC(=O)c2ccc(Cl)cc2)c(C)c1. The second-order valence-electron chi connectivity index (χ2n) is 6.85. The number of anilines is 1. The largest absolute Gasteiger partial charge is 0.456 e. The first kappa shape index (κ1) is 23.9. The first-order chi connectivity index (χ1) is 14.7. The summed E-state index contributed by atoms with van der Waals surface area (Å²) in [5.41, 5.74) is 2.95. The summed E-state index contributed by atoms with van der Waals surface area (Å²) in [4.78, 5) is 47.3. The first-order valence-electron chi connectivity index (χ1n) is 9.62. The highest BCUT2D eigenvalue weighted by Crippen LogP contribution is 2.15. The number of amides is 4. The van der Waals surface area contributed by atoms with Gasteiger partial charge in [0, 0.05) is 29.2 Å². The molecule has 0 aromatic heterocycles. The molecule has 9 heteroatoms. The fourth-order valence-electron chi connectivity index (χ4n) is 2.63. The molecule has 0 aliphatic carbocycles. The number of carbonyl (C=O) groups is 4. The number of hydrogen-bond donors (Lipinski definition) is 3. The number of nitrogens with one attached hydrogen (secondary N) is 3. The summed E-state index contributed by atoms with van der Waals surface area (Å²) in [6.45, 7) is 3.46. The van der Waals surface area contributed by atoms with Crippen molar-refractivity contribution in [2.75, 3.05) is 18.5 Å². The van der Waals surface area contributed by atoms with E-state index in [9.17, 15) is 19.2 Å². The van der Waals surface area contributed by atoms with Crippen LogP contribution < -0.4 is 16.0 Å². The van der Waals surface area contributed by atoms with Gasteiger partial charge in [0.15, 0.2) is 6.61 Å². The zero-order valence-electron chi connectivity index (χ0n) is 17.3. The van der Waals surface area contributed by atoms with Crippen molar-refractivity contribution in [3.05, 3.63) is 64.2 Å². The van der Waals surface area contributed by atoms with E-state index in [1.807, 2.05) is 26.0 Å². The monoisotopic (exact) mass is 445 g/mol. The lowest BCUT2D eigenvalue weighted by atomic mass is 10.1. The standard InChI is InChI=1S/C22H24ClN3O5/c1-14-5-10-18(15(2)12-14)25-22(30)26-19(27)13-31-20(28)4-3-11-24-21(29)16-6-8-17(23)9-7-16/h5-10,12H,3-4,11,13H2,1-2H3,(H,24,29)(H2,25,26,27,30). The summed E-state index contributed by atoms with van der Waals surface area (Å²) in [5.74, 6) is -1.63. The van der Waals surface area contributed by atoms with E-state index >= 15 is 0 Å². The number of hydrogen-bond acceptors (Lipinski definition) is 5. The Balaban J connectivity index is 1.61. The molecule has 0 spiro atoms. The van der Waals surface area contributed by atoms with Gasteiger partial charge in [-0.2, -0.15) is 0 Å². The number of benzene rings is 2. The van der Waals surface area contributed by atoms with Crippen LogP contribution in [0.2, 0.25) is 5.02 Å². The smallest absolute Gasteiger partial charge is 0.325 e. The number of urea groups is 1. The molecule has 0 bridgehead atoms. The maximum Gasteiger partial charge on any atom is 0.325 e. The van der Waals surface area contributed by atoms with Crippen molar-refractivity contribution < 1.29 is 23.9 Å². The van der Waals surface area contributed by atoms with E-state index in [0.717, 1.165) is 11.1 Å². The molecule has 0 aliphatic rings. The second-order valence-corrected chi connectivity index (χ2v) is 7.28. The predicted molar refractivity (Wildman–Crippen MR) is 117 cm³/mol. The molecule has 0 saturated carbocycles. The molecule has 4 amide bonds. The van der Waals surface area contributed by atoms with E-state index < -0.39 is 24.5 Å². The van der Waals surface area contributed by atoms with E-state index in [0.29, 0.717) is 22.7 Å². The van der Waals surface area contributed by atoms with Crippen molar-refractivity contribution in [3.8, 4) is 0 Å². The molecular formula is C22H24ClN3O5. The van der Waals surface area contributed by atoms with E-state index in [-0.39, 0.29) is 18.9 Å². The van der Waals surface area contributed by atoms with Crippen molar-refractivity contribution in [1.82, 2.24) is 10.6 Å². The number of carbonyl (C=O) groups excluding carboxylic acids is 4. The Morgan fingerprint density at radius 2 is 1.71 bits per heavy atom. The molecule has 164 valence electrons. The molecule has 8 nitrogen and oxygen atoms in total. The summed E-state index contributed by atoms with van der Waals surface area (Å²) < 4.78 is 4.84. The van der Waals surface area contributed by atoms with Crippen LogP contribution in [0, 0.1) is 13.8 Å². The van der Waals surface area contributed by atoms with Crippen LogP contribution in [0.1, 0.15) is 34.3 Å². The molecule has 0 heterocycles. The van der Waals surface area contributed by atoms with Crippen molar-refractivity contribution in [3.63, 3.8) is 0 Å². The molecular weight excluding hydrogens is 422 g/mol. The van der Waals surface area contributed by atoms with Gasteiger partial charge in [0.25, 0.3) is 11.8 Å². The Morgan fingerprint density at radius 1 is 1.00 bits per heavy atom. The zero-order valence-corrected chi connectivity index (χ0v) is 18.0. The minimum Gasteiger partial charge on any atom is -0.456 e. The molecule has 31 heavy (non-hydrogen) atoms. The number of rotatable bonds is 8. The third kappa shape index (κ3) is 8.47. The van der Waals surface area contributed by atoms with Gasteiger partial charge in [0.1, 0.15) is 0 Å². The normalized spacial score (nSPS) is 10.2. The van der Waals surface area contributed by atoms with Crippen LogP contribution in [0.4, 0.5) is 10.5 Å². The molecule has 2 rings (SSSR count). The van der Waals surface area contributed by atoms with Gasteiger partial charge in [-0.3, -0.25) is 19.7 Å². The highest BCUT2D eigenvalue weighted by atomic mass is 35.5. The molecule has 2 aromatic carbocycles. The average molecular weight is 446 g/mol. The maximum atomic E-state index is 11.9. The minimum absolute atomic E-state index is 0.0168. The third-order valence-corrected chi connectivity index (χ3v) is 4.45. The van der Waals surface area contributed by atoms with Gasteiger partial charge < -0.3 is 15.4 Å². The fourth-order valence-corrected chi connectivity index (χ4v) is 2.75. The van der Waals surface area contributed by atoms with Crippen LogP contribution in [0.5, 0.6) is 0 Å². The number of halogens is 1. The maximum absolute atomic E-state index is 11.9. The van der Waals surface area contributed by atoms with Crippen LogP contribution in [0.3, 0.4) is 0 Å². The Morgan fingerprint density at radius 3 is 2.39 bits per heavy atom. The highest BCUT2D eigenvalue weighted by Gasteiger charge is 2.12. The molecule has 0 fully saturated rings. The molecule has 2 aromatic rings. The Kier molecular flexibility index (Phi) is 9.02. The van der Waals surface area contributed by atoms with E-state index in [4.69, 9.17) is 16.3 Å². The molecule has 0 saturated heterocycles. The van der Waals surface area contributed by atoms with Gasteiger partial charge in [-0.25, -0.2) is 4.79 Å². The van der Waals surface area contributed by atoms with Crippen LogP contribution >= 0.6 is 11.6 Å². The third-order valence-electron chi connectivity index (χ3n) is 4.20. The summed E-state index contributed by atoms with van der Waals surface area (Å²) >= 11 is 5.77. The fraction of sp³-hybridized carbons (Fsp3) is 0.273. The molecule has 0 atom stereocenters. The summed E-state index contributed by atoms with van der Waals surface area (Å²) in [6.07, 6.45) is 0.357. The Bertz CT molecular complexity index is 960. The molecule has 0 unspecified atom stereocenters. The van der Waals surface area contributed by atoms with Crippen LogP contribution in [0.25, 0.3) is 0 Å². The number of aryl methyl sites for hydroxylation is 2. The van der Waals surface area contributed by atoms with Crippen molar-refractivity contribution in [2.24, 2.45) is 0 Å². The summed E-state index contributed by atoms with van der Waals surface area (Å²) in [6, 6.07) is 11.2. The van der Waals surface area contributed by atoms with E-state index in [1.165, 1.54) is 0 Å².